The number of hydrogen-bond donors (Lipinski definition) is 1. The molecule has 1 aromatic rings. The fraction of sp³-hybridized carbons (Fsp3) is 0.731. The van der Waals surface area contributed by atoms with Gasteiger partial charge in [0.25, 0.3) is 0 Å². The molecule has 0 spiro atoms. The summed E-state index contributed by atoms with van der Waals surface area (Å²) in [6.45, 7) is 4.90. The van der Waals surface area contributed by atoms with Crippen molar-refractivity contribution in [2.45, 2.75) is 56.9 Å². The Bertz CT molecular complexity index is 1060. The van der Waals surface area contributed by atoms with Gasteiger partial charge >= 0.3 is 0 Å². The molecule has 1 aromatic carbocycles. The highest BCUT2D eigenvalue weighted by Gasteiger charge is 2.59. The van der Waals surface area contributed by atoms with Crippen LogP contribution in [-0.4, -0.2) is 89.9 Å². The van der Waals surface area contributed by atoms with Crippen molar-refractivity contribution in [1.29, 1.82) is 0 Å². The van der Waals surface area contributed by atoms with Crippen molar-refractivity contribution >= 4 is 15.9 Å². The van der Waals surface area contributed by atoms with E-state index < -0.39 is 10.0 Å². The molecule has 36 heavy (non-hydrogen) atoms. The lowest BCUT2D eigenvalue weighted by molar-refractivity contribution is -0.716. The number of sulfonamides is 1. The summed E-state index contributed by atoms with van der Waals surface area (Å²) in [5.41, 5.74) is 0.809. The van der Waals surface area contributed by atoms with Gasteiger partial charge in [0.2, 0.25) is 22.0 Å². The fourth-order valence-corrected chi connectivity index (χ4v) is 8.54. The van der Waals surface area contributed by atoms with Crippen LogP contribution < -0.4 is 0 Å². The van der Waals surface area contributed by atoms with Crippen LogP contribution in [0.4, 0.5) is 0 Å². The molecular weight excluding hydrogens is 480 g/mol. The minimum Gasteiger partial charge on any atom is -0.396 e. The van der Waals surface area contributed by atoms with E-state index in [2.05, 4.69) is 0 Å². The Balaban J connectivity index is 1.21. The number of rotatable bonds is 6. The van der Waals surface area contributed by atoms with Gasteiger partial charge in [0, 0.05) is 45.6 Å². The van der Waals surface area contributed by atoms with Crippen molar-refractivity contribution in [3.05, 3.63) is 40.8 Å². The molecule has 10 heteroatoms. The lowest BCUT2D eigenvalue weighted by Gasteiger charge is -2.40. The zero-order chi connectivity index (χ0) is 25.4. The van der Waals surface area contributed by atoms with Crippen LogP contribution in [0.5, 0.6) is 0 Å². The summed E-state index contributed by atoms with van der Waals surface area (Å²) in [6, 6.07) is 8.83. The summed E-state index contributed by atoms with van der Waals surface area (Å²) in [5, 5.41) is 11.4. The van der Waals surface area contributed by atoms with Crippen molar-refractivity contribution in [2.75, 3.05) is 39.3 Å². The lowest BCUT2D eigenvalue weighted by Crippen LogP contribution is -2.49. The second-order valence-corrected chi connectivity index (χ2v) is 13.2. The molecule has 4 heterocycles. The highest BCUT2D eigenvalue weighted by Crippen LogP contribution is 2.42. The molecule has 0 radical (unpaired) electrons. The predicted octanol–water partition coefficient (Wildman–Crippen LogP) is 1.86. The molecule has 0 saturated carbocycles. The van der Waals surface area contributed by atoms with Gasteiger partial charge in [-0.3, -0.25) is 4.79 Å². The first kappa shape index (κ1) is 25.6. The van der Waals surface area contributed by atoms with E-state index in [1.54, 1.807) is 4.31 Å². The number of likely N-dealkylation sites (tertiary alicyclic amines) is 1. The number of aliphatic hydroxyl groups is 1. The monoisotopic (exact) mass is 519 g/mol. The number of benzene rings is 1. The van der Waals surface area contributed by atoms with Crippen molar-refractivity contribution in [3.8, 4) is 0 Å². The Morgan fingerprint density at radius 2 is 1.72 bits per heavy atom. The number of nitroso groups, excluding NO2 is 1. The van der Waals surface area contributed by atoms with Crippen LogP contribution >= 0.6 is 0 Å². The number of hydrogen-bond acceptors (Lipinski definition) is 5. The van der Waals surface area contributed by atoms with E-state index in [1.165, 1.54) is 0 Å². The second kappa shape index (κ2) is 10.4. The van der Waals surface area contributed by atoms with E-state index in [9.17, 15) is 23.2 Å². The predicted molar refractivity (Wildman–Crippen MR) is 135 cm³/mol. The number of carbonyl (C=O) groups is 1. The third-order valence-corrected chi connectivity index (χ3v) is 10.9. The molecule has 0 bridgehead atoms. The highest BCUT2D eigenvalue weighted by atomic mass is 32.2. The van der Waals surface area contributed by atoms with Crippen molar-refractivity contribution in [2.24, 2.45) is 23.7 Å². The van der Waals surface area contributed by atoms with Gasteiger partial charge in [-0.05, 0) is 49.5 Å². The summed E-state index contributed by atoms with van der Waals surface area (Å²) >= 11 is 0. The molecule has 4 saturated heterocycles. The van der Waals surface area contributed by atoms with Crippen molar-refractivity contribution in [1.82, 2.24) is 14.2 Å². The molecule has 1 amide bonds. The minimum atomic E-state index is -3.35. The molecule has 4 aliphatic rings. The molecule has 5 rings (SSSR count). The van der Waals surface area contributed by atoms with Crippen LogP contribution in [0.25, 0.3) is 0 Å². The summed E-state index contributed by atoms with van der Waals surface area (Å²) in [5.74, 6) is 0.666. The van der Waals surface area contributed by atoms with Gasteiger partial charge in [0.05, 0.1) is 17.2 Å². The Labute approximate surface area is 214 Å². The van der Waals surface area contributed by atoms with E-state index in [0.29, 0.717) is 44.6 Å². The quantitative estimate of drug-likeness (QED) is 0.576. The van der Waals surface area contributed by atoms with Gasteiger partial charge in [-0.25, -0.2) is 12.7 Å². The number of fused-ring (bicyclic) bond motifs is 1. The number of piperidine rings is 2. The minimum absolute atomic E-state index is 0.0353. The molecule has 5 atom stereocenters. The molecule has 9 nitrogen and oxygen atoms in total. The Hall–Kier alpha value is -2.04. The topological polar surface area (TPSA) is 101 Å². The molecule has 1 N–H and O–H groups in total. The van der Waals surface area contributed by atoms with E-state index in [4.69, 9.17) is 0 Å². The van der Waals surface area contributed by atoms with E-state index in [0.717, 1.165) is 42.5 Å². The van der Waals surface area contributed by atoms with E-state index in [1.807, 2.05) is 47.2 Å². The normalized spacial score (nSPS) is 32.2. The smallest absolute Gasteiger partial charge is 0.245 e. The van der Waals surface area contributed by atoms with Crippen molar-refractivity contribution < 1.29 is 23.2 Å². The van der Waals surface area contributed by atoms with Crippen LogP contribution in [0.15, 0.2) is 30.3 Å². The van der Waals surface area contributed by atoms with E-state index in [-0.39, 0.29) is 42.2 Å². The maximum atomic E-state index is 13.5. The zero-order valence-electron chi connectivity index (χ0n) is 21.1. The van der Waals surface area contributed by atoms with Gasteiger partial charge < -0.3 is 10.0 Å². The summed E-state index contributed by atoms with van der Waals surface area (Å²) in [4.78, 5) is 29.3. The van der Waals surface area contributed by atoms with Crippen LogP contribution in [-0.2, 0) is 20.6 Å². The summed E-state index contributed by atoms with van der Waals surface area (Å²) < 4.78 is 27.6. The number of nitrogens with zero attached hydrogens (tertiary/aromatic N) is 4. The first-order valence-electron chi connectivity index (χ1n) is 13.4. The average Bonchev–Trinajstić information content (AvgIpc) is 3.47. The van der Waals surface area contributed by atoms with Crippen molar-refractivity contribution in [3.63, 3.8) is 0 Å². The third-order valence-electron chi connectivity index (χ3n) is 9.08. The molecule has 4 fully saturated rings. The summed E-state index contributed by atoms with van der Waals surface area (Å²) in [7, 11) is -3.35. The van der Waals surface area contributed by atoms with Gasteiger partial charge in [0.15, 0.2) is 0 Å². The second-order valence-electron chi connectivity index (χ2n) is 11.2. The zero-order valence-corrected chi connectivity index (χ0v) is 21.9. The van der Waals surface area contributed by atoms with Crippen LogP contribution in [0, 0.1) is 28.6 Å². The largest absolute Gasteiger partial charge is 0.396 e. The number of aliphatic hydroxyl groups excluding tert-OH is 1. The Morgan fingerprint density at radius 1 is 1.03 bits per heavy atom. The molecule has 198 valence electrons. The maximum Gasteiger partial charge on any atom is 0.245 e. The fourth-order valence-electron chi connectivity index (χ4n) is 6.98. The molecule has 0 aliphatic carbocycles. The Kier molecular flexibility index (Phi) is 7.38. The molecule has 5 unspecified atom stereocenters. The molecular formula is C26H39N4O5S+. The number of hydrazine groups is 1. The first-order valence-corrected chi connectivity index (χ1v) is 15.0. The summed E-state index contributed by atoms with van der Waals surface area (Å²) in [6.07, 6.45) is 4.17. The van der Waals surface area contributed by atoms with E-state index >= 15 is 0 Å². The average molecular weight is 520 g/mol. The SMILES string of the molecule is CC1C(C(=O)N2CCC(CO)C2)C2CC(C3CCN(S(=O)(=O)Cc4ccccc4)CC3)CCN2[N+]1=O. The molecule has 4 aliphatic heterocycles. The van der Waals surface area contributed by atoms with Crippen LogP contribution in [0.2, 0.25) is 0 Å². The highest BCUT2D eigenvalue weighted by molar-refractivity contribution is 7.88. The van der Waals surface area contributed by atoms with Crippen LogP contribution in [0.3, 0.4) is 0 Å². The third kappa shape index (κ3) is 4.91. The Morgan fingerprint density at radius 3 is 2.39 bits per heavy atom. The number of carbonyl (C=O) groups excluding carboxylic acids is 1. The van der Waals surface area contributed by atoms with Crippen LogP contribution in [0.1, 0.15) is 44.6 Å². The van der Waals surface area contributed by atoms with Gasteiger partial charge in [-0.1, -0.05) is 30.3 Å². The van der Waals surface area contributed by atoms with Gasteiger partial charge in [-0.2, -0.15) is 0 Å². The first-order chi connectivity index (χ1) is 17.3. The maximum absolute atomic E-state index is 13.5. The standard InChI is InChI=1S/C26H39N4O5S/c1-19-25(26(32)27-11-7-21(16-27)17-31)24-15-23(10-14-29(24)30(19)33)22-8-12-28(13-9-22)36(34,35)18-20-5-3-2-4-6-20/h2-6,19,21-25,31H,7-18H2,1H3/q+1. The van der Waals surface area contributed by atoms with Gasteiger partial charge in [0.1, 0.15) is 16.8 Å². The lowest BCUT2D eigenvalue weighted by atomic mass is 9.74. The molecule has 0 aromatic heterocycles. The number of amides is 1. The van der Waals surface area contributed by atoms with Gasteiger partial charge in [-0.15, -0.1) is 5.01 Å².